The summed E-state index contributed by atoms with van der Waals surface area (Å²) in [4.78, 5) is 31.3. The second-order valence-corrected chi connectivity index (χ2v) is 8.61. The average molecular weight is 433 g/mol. The van der Waals surface area contributed by atoms with Crippen LogP contribution in [0, 0.1) is 0 Å². The Morgan fingerprint density at radius 2 is 1.57 bits per heavy atom. The maximum Gasteiger partial charge on any atom is 0.283 e. The highest BCUT2D eigenvalue weighted by atomic mass is 35.5. The maximum absolute atomic E-state index is 13.4. The van der Waals surface area contributed by atoms with E-state index in [0.29, 0.717) is 21.3 Å². The largest absolute Gasteiger partial charge is 0.366 e. The predicted octanol–water partition coefficient (Wildman–Crippen LogP) is 5.36. The molecule has 2 aromatic rings. The van der Waals surface area contributed by atoms with Gasteiger partial charge in [-0.05, 0) is 49.6 Å². The molecule has 1 fully saturated rings. The van der Waals surface area contributed by atoms with Crippen molar-refractivity contribution in [3.8, 4) is 0 Å². The van der Waals surface area contributed by atoms with Crippen LogP contribution in [0.5, 0.6) is 0 Å². The van der Waals surface area contributed by atoms with Gasteiger partial charge in [-0.15, -0.1) is 0 Å². The van der Waals surface area contributed by atoms with Gasteiger partial charge < -0.3 is 4.90 Å². The van der Waals surface area contributed by atoms with Crippen LogP contribution in [-0.2, 0) is 9.59 Å². The summed E-state index contributed by atoms with van der Waals surface area (Å²) in [6, 6.07) is 14.4. The number of hydrogen-bond donors (Lipinski definition) is 0. The van der Waals surface area contributed by atoms with Crippen LogP contribution in [0.25, 0.3) is 0 Å². The van der Waals surface area contributed by atoms with Crippen molar-refractivity contribution in [2.45, 2.75) is 24.2 Å². The zero-order valence-electron chi connectivity index (χ0n) is 15.0. The molecule has 0 unspecified atom stereocenters. The van der Waals surface area contributed by atoms with Gasteiger partial charge in [0, 0.05) is 23.0 Å². The van der Waals surface area contributed by atoms with E-state index in [2.05, 4.69) is 0 Å². The topological polar surface area (TPSA) is 40.6 Å². The zero-order chi connectivity index (χ0) is 19.7. The average Bonchev–Trinajstić information content (AvgIpc) is 2.94. The summed E-state index contributed by atoms with van der Waals surface area (Å²) < 4.78 is 0. The lowest BCUT2D eigenvalue weighted by Crippen LogP contribution is -2.37. The lowest BCUT2D eigenvalue weighted by molar-refractivity contribution is -0.121. The van der Waals surface area contributed by atoms with Crippen LogP contribution in [0.4, 0.5) is 5.69 Å². The van der Waals surface area contributed by atoms with Gasteiger partial charge in [0.15, 0.2) is 0 Å². The van der Waals surface area contributed by atoms with Crippen LogP contribution < -0.4 is 4.90 Å². The fraction of sp³-hybridized carbons (Fsp3) is 0.238. The summed E-state index contributed by atoms with van der Waals surface area (Å²) >= 11 is 13.6. The summed E-state index contributed by atoms with van der Waals surface area (Å²) in [6.45, 7) is 1.55. The number of amides is 2. The zero-order valence-corrected chi connectivity index (χ0v) is 17.4. The summed E-state index contributed by atoms with van der Waals surface area (Å²) in [7, 11) is 0. The Labute approximate surface area is 178 Å². The Balaban J connectivity index is 1.76. The predicted molar refractivity (Wildman–Crippen MR) is 114 cm³/mol. The van der Waals surface area contributed by atoms with Crippen molar-refractivity contribution in [1.29, 1.82) is 0 Å². The fourth-order valence-electron chi connectivity index (χ4n) is 3.47. The van der Waals surface area contributed by atoms with E-state index in [9.17, 15) is 9.59 Å². The molecule has 0 atom stereocenters. The monoisotopic (exact) mass is 432 g/mol. The Morgan fingerprint density at radius 3 is 2.25 bits per heavy atom. The van der Waals surface area contributed by atoms with E-state index >= 15 is 0 Å². The summed E-state index contributed by atoms with van der Waals surface area (Å²) in [5, 5.41) is 0.731. The molecular weight excluding hydrogens is 415 g/mol. The molecule has 0 radical (unpaired) electrons. The molecule has 4 nitrogen and oxygen atoms in total. The quantitative estimate of drug-likeness (QED) is 0.609. The standard InChI is InChI=1S/C21H18Cl2N2O2S/c22-14-9-10-17(16(23)13-14)25-20(26)18(24-11-5-2-6-12-24)19(21(25)27)28-15-7-3-1-4-8-15/h1,3-4,7-10,13H,2,5-6,11-12H2. The van der Waals surface area contributed by atoms with Gasteiger partial charge >= 0.3 is 0 Å². The molecule has 144 valence electrons. The molecule has 4 rings (SSSR count). The smallest absolute Gasteiger partial charge is 0.283 e. The summed E-state index contributed by atoms with van der Waals surface area (Å²) in [5.74, 6) is -0.668. The van der Waals surface area contributed by atoms with Gasteiger partial charge in [0.1, 0.15) is 10.6 Å². The molecule has 2 aliphatic heterocycles. The minimum atomic E-state index is -0.344. The highest BCUT2D eigenvalue weighted by Crippen LogP contribution is 2.41. The van der Waals surface area contributed by atoms with Crippen LogP contribution in [0.1, 0.15) is 19.3 Å². The van der Waals surface area contributed by atoms with Crippen LogP contribution in [0.15, 0.2) is 64.0 Å². The lowest BCUT2D eigenvalue weighted by Gasteiger charge is -2.29. The molecule has 2 aliphatic rings. The molecular formula is C21H18Cl2N2O2S. The summed E-state index contributed by atoms with van der Waals surface area (Å²) in [6.07, 6.45) is 3.16. The van der Waals surface area contributed by atoms with E-state index < -0.39 is 0 Å². The first kappa shape index (κ1) is 19.4. The SMILES string of the molecule is O=C1C(Sc2ccccc2)=C(N2CCCCC2)C(=O)N1c1ccc(Cl)cc1Cl. The molecule has 28 heavy (non-hydrogen) atoms. The number of carbonyl (C=O) groups excluding carboxylic acids is 2. The van der Waals surface area contributed by atoms with E-state index in [0.717, 1.165) is 37.2 Å². The molecule has 0 aliphatic carbocycles. The summed E-state index contributed by atoms with van der Waals surface area (Å²) in [5.41, 5.74) is 0.837. The first-order chi connectivity index (χ1) is 13.6. The Morgan fingerprint density at radius 1 is 0.857 bits per heavy atom. The molecule has 0 saturated carbocycles. The number of imide groups is 1. The van der Waals surface area contributed by atoms with E-state index in [1.807, 2.05) is 35.2 Å². The van der Waals surface area contributed by atoms with Gasteiger partial charge in [0.2, 0.25) is 0 Å². The molecule has 0 spiro atoms. The number of thioether (sulfide) groups is 1. The van der Waals surface area contributed by atoms with Crippen molar-refractivity contribution in [1.82, 2.24) is 4.90 Å². The Bertz CT molecular complexity index is 956. The van der Waals surface area contributed by atoms with Crippen molar-refractivity contribution in [2.75, 3.05) is 18.0 Å². The van der Waals surface area contributed by atoms with E-state index in [1.165, 1.54) is 16.7 Å². The van der Waals surface area contributed by atoms with Gasteiger partial charge in [-0.1, -0.05) is 53.2 Å². The third kappa shape index (κ3) is 3.66. The highest BCUT2D eigenvalue weighted by molar-refractivity contribution is 8.04. The maximum atomic E-state index is 13.4. The highest BCUT2D eigenvalue weighted by Gasteiger charge is 2.43. The lowest BCUT2D eigenvalue weighted by atomic mass is 10.1. The number of hydrogen-bond acceptors (Lipinski definition) is 4. The van der Waals surface area contributed by atoms with Crippen molar-refractivity contribution in [2.24, 2.45) is 0 Å². The second kappa shape index (κ2) is 8.19. The van der Waals surface area contributed by atoms with Crippen molar-refractivity contribution in [3.05, 3.63) is 69.2 Å². The first-order valence-corrected chi connectivity index (χ1v) is 10.7. The molecule has 0 N–H and O–H groups in total. The molecule has 0 aromatic heterocycles. The molecule has 1 saturated heterocycles. The minimum absolute atomic E-state index is 0.276. The van der Waals surface area contributed by atoms with Gasteiger partial charge in [0.25, 0.3) is 11.8 Å². The van der Waals surface area contributed by atoms with Crippen LogP contribution in [0.3, 0.4) is 0 Å². The number of piperidine rings is 1. The Hall–Kier alpha value is -1.95. The van der Waals surface area contributed by atoms with Crippen molar-refractivity contribution < 1.29 is 9.59 Å². The van der Waals surface area contributed by atoms with Gasteiger partial charge in [-0.2, -0.15) is 0 Å². The van der Waals surface area contributed by atoms with Crippen LogP contribution in [0.2, 0.25) is 10.0 Å². The molecule has 7 heteroatoms. The molecule has 0 bridgehead atoms. The van der Waals surface area contributed by atoms with Crippen molar-refractivity contribution in [3.63, 3.8) is 0 Å². The number of likely N-dealkylation sites (tertiary alicyclic amines) is 1. The number of rotatable bonds is 4. The van der Waals surface area contributed by atoms with E-state index in [4.69, 9.17) is 23.2 Å². The van der Waals surface area contributed by atoms with Crippen LogP contribution in [-0.4, -0.2) is 29.8 Å². The third-order valence-corrected chi connectivity index (χ3v) is 6.42. The van der Waals surface area contributed by atoms with Gasteiger partial charge in [0.05, 0.1) is 10.7 Å². The molecule has 2 heterocycles. The fourth-order valence-corrected chi connectivity index (χ4v) is 4.99. The molecule has 2 aromatic carbocycles. The van der Waals surface area contributed by atoms with Crippen LogP contribution >= 0.6 is 35.0 Å². The number of carbonyl (C=O) groups is 2. The Kier molecular flexibility index (Phi) is 5.67. The van der Waals surface area contributed by atoms with E-state index in [-0.39, 0.29) is 16.8 Å². The first-order valence-electron chi connectivity index (χ1n) is 9.12. The van der Waals surface area contributed by atoms with Gasteiger partial charge in [-0.25, -0.2) is 4.90 Å². The number of nitrogens with zero attached hydrogens (tertiary/aromatic N) is 2. The normalized spacial score (nSPS) is 17.6. The third-order valence-electron chi connectivity index (χ3n) is 4.80. The van der Waals surface area contributed by atoms with E-state index in [1.54, 1.807) is 18.2 Å². The molecule has 2 amide bonds. The number of benzene rings is 2. The number of halogens is 2. The number of anilines is 1. The second-order valence-electron chi connectivity index (χ2n) is 6.68. The minimum Gasteiger partial charge on any atom is -0.366 e. The van der Waals surface area contributed by atoms with Crippen molar-refractivity contribution >= 4 is 52.5 Å². The van der Waals surface area contributed by atoms with Gasteiger partial charge in [-0.3, -0.25) is 9.59 Å².